The summed E-state index contributed by atoms with van der Waals surface area (Å²) in [5.41, 5.74) is 6.03. The topological polar surface area (TPSA) is 88.6 Å². The molecule has 0 saturated heterocycles. The number of rotatable bonds is 8. The van der Waals surface area contributed by atoms with Crippen LogP contribution in [0.1, 0.15) is 36.8 Å². The van der Waals surface area contributed by atoms with Crippen molar-refractivity contribution in [2.24, 2.45) is 5.10 Å². The van der Waals surface area contributed by atoms with Crippen LogP contribution >= 0.6 is 0 Å². The molecule has 0 aliphatic heterocycles. The van der Waals surface area contributed by atoms with Gasteiger partial charge in [-0.05, 0) is 80.9 Å². The Kier molecular flexibility index (Phi) is 6.63. The normalized spacial score (nSPS) is 11.2. The number of aromatic amines is 1. The van der Waals surface area contributed by atoms with Crippen molar-refractivity contribution in [3.8, 4) is 22.8 Å². The number of hydrogen-bond acceptors (Lipinski definition) is 5. The van der Waals surface area contributed by atoms with Crippen LogP contribution in [0.2, 0.25) is 0 Å². The number of hydrazone groups is 1. The molecule has 1 heterocycles. The van der Waals surface area contributed by atoms with E-state index in [1.54, 1.807) is 6.07 Å². The monoisotopic (exact) mass is 392 g/mol. The molecule has 0 aliphatic rings. The third-order valence-corrected chi connectivity index (χ3v) is 4.19. The second kappa shape index (κ2) is 9.54. The van der Waals surface area contributed by atoms with Crippen LogP contribution in [-0.4, -0.2) is 35.0 Å². The van der Waals surface area contributed by atoms with Crippen molar-refractivity contribution < 1.29 is 14.3 Å². The fourth-order valence-corrected chi connectivity index (χ4v) is 2.69. The summed E-state index contributed by atoms with van der Waals surface area (Å²) in [7, 11) is 0. The molecule has 0 spiro atoms. The summed E-state index contributed by atoms with van der Waals surface area (Å²) in [6, 6.07) is 16.8. The lowest BCUT2D eigenvalue weighted by molar-refractivity contribution is 0.0950. The van der Waals surface area contributed by atoms with Crippen molar-refractivity contribution in [3.05, 3.63) is 65.9 Å². The zero-order valence-corrected chi connectivity index (χ0v) is 16.7. The molecule has 150 valence electrons. The fraction of sp³-hybridized carbons (Fsp3) is 0.227. The zero-order valence-electron chi connectivity index (χ0n) is 16.7. The molecule has 2 aromatic carbocycles. The Morgan fingerprint density at radius 3 is 2.17 bits per heavy atom. The lowest BCUT2D eigenvalue weighted by atomic mass is 10.1. The number of nitrogens with zero attached hydrogens (tertiary/aromatic N) is 2. The lowest BCUT2D eigenvalue weighted by Gasteiger charge is -2.05. The number of carbonyl (C=O) groups is 1. The molecule has 0 bridgehead atoms. The molecule has 1 amide bonds. The van der Waals surface area contributed by atoms with E-state index in [-0.39, 0.29) is 5.91 Å². The molecular formula is C22H24N4O3. The number of carbonyl (C=O) groups excluding carboxylic acids is 1. The van der Waals surface area contributed by atoms with Gasteiger partial charge in [-0.3, -0.25) is 9.89 Å². The fourth-order valence-electron chi connectivity index (χ4n) is 2.69. The number of benzene rings is 2. The van der Waals surface area contributed by atoms with Gasteiger partial charge in [0.25, 0.3) is 5.91 Å². The lowest BCUT2D eigenvalue weighted by Crippen LogP contribution is -2.19. The van der Waals surface area contributed by atoms with Crippen LogP contribution in [0.3, 0.4) is 0 Å². The van der Waals surface area contributed by atoms with Crippen molar-refractivity contribution in [2.75, 3.05) is 13.2 Å². The van der Waals surface area contributed by atoms with Crippen LogP contribution in [-0.2, 0) is 0 Å². The van der Waals surface area contributed by atoms with E-state index in [1.165, 1.54) is 0 Å². The van der Waals surface area contributed by atoms with E-state index in [4.69, 9.17) is 9.47 Å². The highest BCUT2D eigenvalue weighted by molar-refractivity contribution is 6.00. The first kappa shape index (κ1) is 20.1. The number of hydrogen-bond donors (Lipinski definition) is 2. The van der Waals surface area contributed by atoms with Gasteiger partial charge < -0.3 is 9.47 Å². The van der Waals surface area contributed by atoms with Gasteiger partial charge in [-0.25, -0.2) is 5.43 Å². The van der Waals surface area contributed by atoms with Crippen LogP contribution in [0, 0.1) is 0 Å². The number of nitrogens with one attached hydrogen (secondary N) is 2. The summed E-state index contributed by atoms with van der Waals surface area (Å²) >= 11 is 0. The van der Waals surface area contributed by atoms with Crippen molar-refractivity contribution in [3.63, 3.8) is 0 Å². The Morgan fingerprint density at radius 1 is 1.00 bits per heavy atom. The van der Waals surface area contributed by atoms with Gasteiger partial charge in [0, 0.05) is 5.56 Å². The molecular weight excluding hydrogens is 368 g/mol. The zero-order chi connectivity index (χ0) is 20.6. The van der Waals surface area contributed by atoms with Gasteiger partial charge in [0.1, 0.15) is 17.2 Å². The van der Waals surface area contributed by atoms with Gasteiger partial charge in [-0.15, -0.1) is 0 Å². The first-order chi connectivity index (χ1) is 14.1. The maximum atomic E-state index is 12.4. The van der Waals surface area contributed by atoms with Gasteiger partial charge in [0.2, 0.25) is 0 Å². The number of H-pyrrole nitrogens is 1. The van der Waals surface area contributed by atoms with Crippen LogP contribution < -0.4 is 14.9 Å². The van der Waals surface area contributed by atoms with Crippen LogP contribution in [0.25, 0.3) is 11.3 Å². The molecule has 3 rings (SSSR count). The van der Waals surface area contributed by atoms with E-state index in [0.717, 1.165) is 22.6 Å². The van der Waals surface area contributed by atoms with Gasteiger partial charge in [0.15, 0.2) is 0 Å². The SMILES string of the molecule is CCOc1ccc(C(C)=NNC(=O)c2cc(-c3ccc(OCC)cc3)n[nH]2)cc1. The van der Waals surface area contributed by atoms with Gasteiger partial charge in [0.05, 0.1) is 24.6 Å². The Hall–Kier alpha value is -3.61. The van der Waals surface area contributed by atoms with Crippen LogP contribution in [0.15, 0.2) is 59.7 Å². The molecule has 1 aromatic heterocycles. The molecule has 3 aromatic rings. The summed E-state index contributed by atoms with van der Waals surface area (Å²) in [6.07, 6.45) is 0. The van der Waals surface area contributed by atoms with E-state index in [9.17, 15) is 4.79 Å². The highest BCUT2D eigenvalue weighted by Gasteiger charge is 2.11. The average molecular weight is 392 g/mol. The van der Waals surface area contributed by atoms with Crippen molar-refractivity contribution in [1.82, 2.24) is 15.6 Å². The maximum Gasteiger partial charge on any atom is 0.289 e. The van der Waals surface area contributed by atoms with E-state index in [2.05, 4.69) is 20.7 Å². The summed E-state index contributed by atoms with van der Waals surface area (Å²) < 4.78 is 10.9. The van der Waals surface area contributed by atoms with Gasteiger partial charge in [-0.1, -0.05) is 0 Å². The van der Waals surface area contributed by atoms with Crippen molar-refractivity contribution >= 4 is 11.6 Å². The molecule has 0 fully saturated rings. The molecule has 0 unspecified atom stereocenters. The van der Waals surface area contributed by atoms with Crippen molar-refractivity contribution in [1.29, 1.82) is 0 Å². The Bertz CT molecular complexity index is 976. The summed E-state index contributed by atoms with van der Waals surface area (Å²) in [4.78, 5) is 12.4. The molecule has 0 aliphatic carbocycles. The summed E-state index contributed by atoms with van der Waals surface area (Å²) in [5.74, 6) is 1.23. The van der Waals surface area contributed by atoms with Crippen LogP contribution in [0.4, 0.5) is 0 Å². The average Bonchev–Trinajstić information content (AvgIpc) is 3.24. The predicted molar refractivity (Wildman–Crippen MR) is 112 cm³/mol. The third-order valence-electron chi connectivity index (χ3n) is 4.19. The predicted octanol–water partition coefficient (Wildman–Crippen LogP) is 4.03. The molecule has 2 N–H and O–H groups in total. The Labute approximate surface area is 169 Å². The number of aromatic nitrogens is 2. The van der Waals surface area contributed by atoms with E-state index in [0.29, 0.717) is 30.3 Å². The second-order valence-corrected chi connectivity index (χ2v) is 6.22. The molecule has 0 atom stereocenters. The highest BCUT2D eigenvalue weighted by Crippen LogP contribution is 2.21. The largest absolute Gasteiger partial charge is 0.494 e. The van der Waals surface area contributed by atoms with Crippen LogP contribution in [0.5, 0.6) is 11.5 Å². The summed E-state index contributed by atoms with van der Waals surface area (Å²) in [6.45, 7) is 6.93. The summed E-state index contributed by atoms with van der Waals surface area (Å²) in [5, 5.41) is 11.1. The minimum atomic E-state index is -0.361. The quantitative estimate of drug-likeness (QED) is 0.447. The second-order valence-electron chi connectivity index (χ2n) is 6.22. The molecule has 0 radical (unpaired) electrons. The Balaban J connectivity index is 1.64. The van der Waals surface area contributed by atoms with Crippen molar-refractivity contribution in [2.45, 2.75) is 20.8 Å². The smallest absolute Gasteiger partial charge is 0.289 e. The number of ether oxygens (including phenoxy) is 2. The van der Waals surface area contributed by atoms with Gasteiger partial charge >= 0.3 is 0 Å². The first-order valence-electron chi connectivity index (χ1n) is 9.47. The number of amides is 1. The maximum absolute atomic E-state index is 12.4. The minimum Gasteiger partial charge on any atom is -0.494 e. The minimum absolute atomic E-state index is 0.331. The third kappa shape index (κ3) is 5.22. The van der Waals surface area contributed by atoms with E-state index in [1.807, 2.05) is 69.3 Å². The molecule has 29 heavy (non-hydrogen) atoms. The molecule has 0 saturated carbocycles. The highest BCUT2D eigenvalue weighted by atomic mass is 16.5. The molecule has 7 nitrogen and oxygen atoms in total. The van der Waals surface area contributed by atoms with Gasteiger partial charge in [-0.2, -0.15) is 10.2 Å². The Morgan fingerprint density at radius 2 is 1.59 bits per heavy atom. The standard InChI is InChI=1S/C22H24N4O3/c1-4-28-18-10-6-16(7-11-18)15(3)23-26-22(27)21-14-20(24-25-21)17-8-12-19(13-9-17)29-5-2/h6-14H,4-5H2,1-3H3,(H,24,25)(H,26,27). The molecule has 7 heteroatoms. The van der Waals surface area contributed by atoms with E-state index >= 15 is 0 Å². The first-order valence-corrected chi connectivity index (χ1v) is 9.47. The van der Waals surface area contributed by atoms with E-state index < -0.39 is 0 Å².